The number of carbonyl (C=O) groups is 3. The molecule has 2 aliphatic heterocycles. The highest BCUT2D eigenvalue weighted by Gasteiger charge is 2.30. The quantitative estimate of drug-likeness (QED) is 0.0426. The van der Waals surface area contributed by atoms with Crippen molar-refractivity contribution < 1.29 is 24.2 Å². The molecule has 316 valence electrons. The molecule has 62 heavy (non-hydrogen) atoms. The van der Waals surface area contributed by atoms with Crippen molar-refractivity contribution >= 4 is 80.6 Å². The van der Waals surface area contributed by atoms with E-state index in [0.717, 1.165) is 63.5 Å². The van der Waals surface area contributed by atoms with Crippen LogP contribution in [0.25, 0.3) is 28.0 Å². The molecule has 0 radical (unpaired) electrons. The van der Waals surface area contributed by atoms with Gasteiger partial charge < -0.3 is 54.7 Å². The molecule has 6 heterocycles. The Kier molecular flexibility index (Phi) is 10.7. The highest BCUT2D eigenvalue weighted by atomic mass is 16.5. The van der Waals surface area contributed by atoms with Gasteiger partial charge in [-0.3, -0.25) is 14.6 Å². The van der Waals surface area contributed by atoms with Crippen molar-refractivity contribution in [3.63, 3.8) is 0 Å². The van der Waals surface area contributed by atoms with Crippen molar-refractivity contribution in [2.24, 2.45) is 26.1 Å². The van der Waals surface area contributed by atoms with Gasteiger partial charge >= 0.3 is 5.97 Å². The van der Waals surface area contributed by atoms with Crippen LogP contribution >= 0.6 is 0 Å². The maximum atomic E-state index is 13.4. The van der Waals surface area contributed by atoms with Crippen LogP contribution in [0.15, 0.2) is 110 Å². The summed E-state index contributed by atoms with van der Waals surface area (Å²) in [5.41, 5.74) is 15.6. The third-order valence-electron chi connectivity index (χ3n) is 11.0. The number of rotatable bonds is 14. The average Bonchev–Trinajstić information content (AvgIpc) is 4.05. The molecule has 2 amide bonds. The van der Waals surface area contributed by atoms with Gasteiger partial charge in [-0.15, -0.1) is 0 Å². The summed E-state index contributed by atoms with van der Waals surface area (Å²) in [7, 11) is 5.43. The molecule has 2 aliphatic rings. The number of carboxylic acids is 1. The fraction of sp³-hybridized carbons (Fsp3) is 0.196. The maximum absolute atomic E-state index is 13.4. The van der Waals surface area contributed by atoms with Gasteiger partial charge in [0.2, 0.25) is 11.7 Å². The van der Waals surface area contributed by atoms with Crippen LogP contribution in [-0.4, -0.2) is 76.5 Å². The Labute approximate surface area is 357 Å². The number of anilines is 4. The van der Waals surface area contributed by atoms with Gasteiger partial charge in [0.05, 0.1) is 69.3 Å². The maximum Gasteiger partial charge on any atom is 0.335 e. The van der Waals surface area contributed by atoms with Gasteiger partial charge in [0.25, 0.3) is 5.91 Å². The zero-order valence-electron chi connectivity index (χ0n) is 34.7. The number of aliphatic imine (C=N–C) groups is 1. The monoisotopic (exact) mass is 833 g/mol. The lowest BCUT2D eigenvalue weighted by atomic mass is 10.1. The van der Waals surface area contributed by atoms with Crippen molar-refractivity contribution in [1.82, 2.24) is 28.2 Å². The molecule has 16 heteroatoms. The topological polar surface area (TPSA) is 191 Å². The molecule has 2 aromatic carbocycles. The van der Waals surface area contributed by atoms with E-state index in [2.05, 4.69) is 57.1 Å². The largest absolute Gasteiger partial charge is 0.491 e. The Morgan fingerprint density at radius 2 is 1.66 bits per heavy atom. The van der Waals surface area contributed by atoms with Gasteiger partial charge in [-0.1, -0.05) is 31.9 Å². The molecule has 0 bridgehead atoms. The van der Waals surface area contributed by atoms with Gasteiger partial charge in [-0.05, 0) is 55.3 Å². The van der Waals surface area contributed by atoms with Crippen molar-refractivity contribution in [1.29, 1.82) is 0 Å². The highest BCUT2D eigenvalue weighted by Crippen LogP contribution is 2.41. The first-order valence-corrected chi connectivity index (χ1v) is 19.8. The molecule has 0 aliphatic carbocycles. The number of aromatic carboxylic acids is 1. The van der Waals surface area contributed by atoms with Gasteiger partial charge in [-0.25, -0.2) is 9.78 Å². The second kappa shape index (κ2) is 16.2. The summed E-state index contributed by atoms with van der Waals surface area (Å²) in [4.78, 5) is 48.9. The molecule has 1 atom stereocenters. The summed E-state index contributed by atoms with van der Waals surface area (Å²) in [6.45, 7) is 17.9. The second-order valence-electron chi connectivity index (χ2n) is 15.6. The van der Waals surface area contributed by atoms with Gasteiger partial charge in [-0.2, -0.15) is 0 Å². The fourth-order valence-corrected chi connectivity index (χ4v) is 7.90. The van der Waals surface area contributed by atoms with Gasteiger partial charge in [0.15, 0.2) is 5.82 Å². The highest BCUT2D eigenvalue weighted by molar-refractivity contribution is 6.03. The van der Waals surface area contributed by atoms with E-state index in [4.69, 9.17) is 10.5 Å². The number of benzene rings is 2. The fourth-order valence-electron chi connectivity index (χ4n) is 7.90. The zero-order chi connectivity index (χ0) is 44.0. The molecule has 0 unspecified atom stereocenters. The molecule has 1 fully saturated rings. The first-order valence-electron chi connectivity index (χ1n) is 19.8. The summed E-state index contributed by atoms with van der Waals surface area (Å²) in [5, 5.41) is 19.2. The number of imidazole rings is 1. The third kappa shape index (κ3) is 8.00. The Balaban J connectivity index is 0.832. The number of aromatic nitrogens is 5. The van der Waals surface area contributed by atoms with Crippen LogP contribution in [0.3, 0.4) is 0 Å². The van der Waals surface area contributed by atoms with E-state index in [0.29, 0.717) is 34.9 Å². The van der Waals surface area contributed by atoms with Gasteiger partial charge in [0.1, 0.15) is 5.75 Å². The molecular weight excluding hydrogens is 787 g/mol. The number of carboxylic acid groups (broad SMARTS) is 1. The minimum atomic E-state index is -0.981. The summed E-state index contributed by atoms with van der Waals surface area (Å²) in [6, 6.07) is 14.3. The number of fused-ring (bicyclic) bond motifs is 3. The van der Waals surface area contributed by atoms with Crippen LogP contribution in [0.4, 0.5) is 28.6 Å². The number of nitrogen functional groups attached to an aromatic ring is 1. The molecule has 4 aromatic heterocycles. The van der Waals surface area contributed by atoms with Crippen LogP contribution in [0.2, 0.25) is 0 Å². The lowest BCUT2D eigenvalue weighted by molar-refractivity contribution is -0.116. The lowest BCUT2D eigenvalue weighted by Crippen LogP contribution is -2.27. The van der Waals surface area contributed by atoms with Crippen molar-refractivity contribution in [3.05, 3.63) is 134 Å². The third-order valence-corrected chi connectivity index (χ3v) is 11.0. The summed E-state index contributed by atoms with van der Waals surface area (Å²) >= 11 is 0. The van der Waals surface area contributed by atoms with E-state index < -0.39 is 11.9 Å². The number of carbonyl (C=O) groups excluding carboxylic acids is 2. The predicted molar refractivity (Wildman–Crippen MR) is 244 cm³/mol. The van der Waals surface area contributed by atoms with Crippen LogP contribution in [-0.2, 0) is 25.9 Å². The Morgan fingerprint density at radius 3 is 2.44 bits per heavy atom. The number of hydrogen-bond acceptors (Lipinski definition) is 9. The number of nitrogens with one attached hydrogen (secondary N) is 3. The van der Waals surface area contributed by atoms with Crippen LogP contribution in [0, 0.1) is 0 Å². The first-order chi connectivity index (χ1) is 29.6. The predicted octanol–water partition coefficient (Wildman–Crippen LogP) is 7.30. The number of nitrogens with two attached hydrogens (primary N) is 1. The molecule has 8 rings (SSSR count). The van der Waals surface area contributed by atoms with E-state index in [1.807, 2.05) is 70.7 Å². The standard InChI is InChI=1S/C46H47N11O5/c1-26-15-34-21-48-37-20-41(36(47)19-35(37)28(3)57(34)22-26)62-14-8-9-43(58)51-42-25-55(7)44(52-42)45(59)50-33-17-39(53(5)24-33)27(2)49-32-18-40(54(6)23-32)29(4)56-13-12-30-16-31(46(60)61)10-11-38(30)56/h10-13,16-21,23-25,34,49H,1-4,8-9,14-15,22,47H2,5-7H3,(H,50,59)(H,51,58)(H,60,61)/t34-/m0/s1. The Morgan fingerprint density at radius 1 is 0.919 bits per heavy atom. The van der Waals surface area contributed by atoms with E-state index in [1.165, 1.54) is 0 Å². The van der Waals surface area contributed by atoms with Crippen molar-refractivity contribution in [2.45, 2.75) is 25.3 Å². The summed E-state index contributed by atoms with van der Waals surface area (Å²) in [6.07, 6.45) is 10.4. The minimum absolute atomic E-state index is 0.107. The molecule has 1 saturated heterocycles. The zero-order valence-corrected chi connectivity index (χ0v) is 34.7. The Bertz CT molecular complexity index is 2900. The minimum Gasteiger partial charge on any atom is -0.491 e. The second-order valence-corrected chi connectivity index (χ2v) is 15.6. The van der Waals surface area contributed by atoms with E-state index in [-0.39, 0.29) is 42.2 Å². The Hall–Kier alpha value is -8.01. The smallest absolute Gasteiger partial charge is 0.335 e. The SMILES string of the molecule is C=C1C[C@H]2C=Nc3cc(OCCCC(=O)Nc4cn(C)c(C(=O)Nc5cc(C(=C)Nc6cc(C(=C)n7ccc8cc(C(=O)O)ccc87)n(C)c6)n(C)c5)n4)c(N)cc3C(=C)N2C1. The van der Waals surface area contributed by atoms with E-state index in [1.54, 1.807) is 48.3 Å². The van der Waals surface area contributed by atoms with Crippen LogP contribution in [0.5, 0.6) is 5.75 Å². The lowest BCUT2D eigenvalue weighted by Gasteiger charge is -2.24. The van der Waals surface area contributed by atoms with E-state index >= 15 is 0 Å². The van der Waals surface area contributed by atoms with Crippen molar-refractivity contribution in [3.8, 4) is 5.75 Å². The van der Waals surface area contributed by atoms with Crippen LogP contribution in [0.1, 0.15) is 57.2 Å². The van der Waals surface area contributed by atoms with Crippen LogP contribution < -0.4 is 26.4 Å². The van der Waals surface area contributed by atoms with Crippen molar-refractivity contribution in [2.75, 3.05) is 34.8 Å². The number of hydrogen-bond donors (Lipinski definition) is 5. The number of ether oxygens (including phenoxy) is 1. The molecule has 0 spiro atoms. The summed E-state index contributed by atoms with van der Waals surface area (Å²) in [5.74, 6) is -0.879. The van der Waals surface area contributed by atoms with E-state index in [9.17, 15) is 19.5 Å². The molecule has 6 aromatic rings. The normalized spacial score (nSPS) is 14.4. The van der Waals surface area contributed by atoms with Gasteiger partial charge in [0, 0.05) is 87.8 Å². The molecular formula is C46H47N11O5. The molecule has 16 nitrogen and oxygen atoms in total. The number of nitrogens with zero attached hydrogens (tertiary/aromatic N) is 7. The average molecular weight is 834 g/mol. The number of aryl methyl sites for hydroxylation is 3. The summed E-state index contributed by atoms with van der Waals surface area (Å²) < 4.78 is 13.2. The first kappa shape index (κ1) is 40.8. The molecule has 6 N–H and O–H groups in total. The molecule has 0 saturated carbocycles. The number of amides is 2.